The Hall–Kier alpha value is -2.30. The first-order valence-corrected chi connectivity index (χ1v) is 7.53. The Morgan fingerprint density at radius 3 is 2.65 bits per heavy atom. The van der Waals surface area contributed by atoms with Crippen molar-refractivity contribution in [3.8, 4) is 17.1 Å². The maximum absolute atomic E-state index is 12.7. The van der Waals surface area contributed by atoms with Gasteiger partial charge in [-0.25, -0.2) is 0 Å². The normalized spacial score (nSPS) is 11.3. The summed E-state index contributed by atoms with van der Waals surface area (Å²) in [7, 11) is 3.87. The molecule has 0 aliphatic rings. The van der Waals surface area contributed by atoms with Crippen molar-refractivity contribution in [3.05, 3.63) is 63.3 Å². The highest BCUT2D eigenvalue weighted by Gasteiger charge is 2.16. The predicted molar refractivity (Wildman–Crippen MR) is 92.0 cm³/mol. The summed E-state index contributed by atoms with van der Waals surface area (Å²) in [6.07, 6.45) is 0. The standard InChI is InChI=1S/C18H16ClNO3/c1-20(2)10-12-9-11(7-8-14(12)19)16-17(21)13-5-3-4-6-15(13)23-18(16)22/h3-9,22H,10H2,1-2H3. The van der Waals surface area contributed by atoms with Crippen molar-refractivity contribution in [1.82, 2.24) is 4.90 Å². The van der Waals surface area contributed by atoms with Crippen LogP contribution in [-0.4, -0.2) is 24.1 Å². The van der Waals surface area contributed by atoms with Crippen LogP contribution in [0.3, 0.4) is 0 Å². The van der Waals surface area contributed by atoms with Gasteiger partial charge in [0.2, 0.25) is 5.43 Å². The fraction of sp³-hybridized carbons (Fsp3) is 0.167. The first kappa shape index (κ1) is 15.6. The quantitative estimate of drug-likeness (QED) is 0.792. The second-order valence-corrected chi connectivity index (χ2v) is 6.06. The molecule has 0 fully saturated rings. The van der Waals surface area contributed by atoms with Crippen LogP contribution in [0.2, 0.25) is 5.02 Å². The monoisotopic (exact) mass is 329 g/mol. The summed E-state index contributed by atoms with van der Waals surface area (Å²) in [5, 5.41) is 11.2. The van der Waals surface area contributed by atoms with Crippen molar-refractivity contribution < 1.29 is 9.52 Å². The molecular formula is C18H16ClNO3. The molecule has 0 amide bonds. The van der Waals surface area contributed by atoms with Gasteiger partial charge in [-0.15, -0.1) is 0 Å². The van der Waals surface area contributed by atoms with E-state index in [9.17, 15) is 9.90 Å². The van der Waals surface area contributed by atoms with E-state index in [1.165, 1.54) is 0 Å². The van der Waals surface area contributed by atoms with Crippen LogP contribution in [0.15, 0.2) is 51.7 Å². The number of nitrogens with zero attached hydrogens (tertiary/aromatic N) is 1. The highest BCUT2D eigenvalue weighted by Crippen LogP contribution is 2.31. The van der Waals surface area contributed by atoms with Crippen molar-refractivity contribution in [2.24, 2.45) is 0 Å². The average molecular weight is 330 g/mol. The van der Waals surface area contributed by atoms with E-state index in [1.54, 1.807) is 36.4 Å². The van der Waals surface area contributed by atoms with E-state index in [1.807, 2.05) is 25.1 Å². The molecule has 3 aromatic rings. The largest absolute Gasteiger partial charge is 0.480 e. The molecule has 23 heavy (non-hydrogen) atoms. The SMILES string of the molecule is CN(C)Cc1cc(-c2c(O)oc3ccccc3c2=O)ccc1Cl. The summed E-state index contributed by atoms with van der Waals surface area (Å²) in [6, 6.07) is 12.1. The number of aromatic hydroxyl groups is 1. The minimum Gasteiger partial charge on any atom is -0.480 e. The fourth-order valence-electron chi connectivity index (χ4n) is 2.58. The van der Waals surface area contributed by atoms with Crippen molar-refractivity contribution in [2.45, 2.75) is 6.54 Å². The molecule has 1 aromatic heterocycles. The van der Waals surface area contributed by atoms with Crippen LogP contribution in [0, 0.1) is 0 Å². The Morgan fingerprint density at radius 1 is 1.17 bits per heavy atom. The van der Waals surface area contributed by atoms with Crippen LogP contribution in [0.1, 0.15) is 5.56 Å². The fourth-order valence-corrected chi connectivity index (χ4v) is 2.75. The third-order valence-corrected chi connectivity index (χ3v) is 3.97. The molecule has 3 rings (SSSR count). The van der Waals surface area contributed by atoms with Gasteiger partial charge < -0.3 is 14.4 Å². The van der Waals surface area contributed by atoms with E-state index in [4.69, 9.17) is 16.0 Å². The number of hydrogen-bond donors (Lipinski definition) is 1. The molecule has 0 bridgehead atoms. The van der Waals surface area contributed by atoms with Gasteiger partial charge in [0.05, 0.1) is 5.39 Å². The summed E-state index contributed by atoms with van der Waals surface area (Å²) in [5.74, 6) is -0.383. The number of rotatable bonds is 3. The van der Waals surface area contributed by atoms with E-state index < -0.39 is 0 Å². The van der Waals surface area contributed by atoms with Gasteiger partial charge in [0, 0.05) is 11.6 Å². The van der Waals surface area contributed by atoms with Crippen molar-refractivity contribution in [1.29, 1.82) is 0 Å². The molecule has 0 spiro atoms. The number of benzene rings is 2. The zero-order valence-corrected chi connectivity index (χ0v) is 13.6. The molecule has 5 heteroatoms. The lowest BCUT2D eigenvalue weighted by molar-refractivity contribution is 0.342. The van der Waals surface area contributed by atoms with Crippen LogP contribution in [0.5, 0.6) is 5.95 Å². The number of hydrogen-bond acceptors (Lipinski definition) is 4. The van der Waals surface area contributed by atoms with E-state index in [0.717, 1.165) is 5.56 Å². The Bertz CT molecular complexity index is 931. The molecule has 118 valence electrons. The number of para-hydroxylation sites is 1. The van der Waals surface area contributed by atoms with Crippen molar-refractivity contribution in [2.75, 3.05) is 14.1 Å². The Labute approximate surface area is 138 Å². The lowest BCUT2D eigenvalue weighted by Crippen LogP contribution is -2.11. The first-order chi connectivity index (χ1) is 11.0. The van der Waals surface area contributed by atoms with Crippen LogP contribution in [0.4, 0.5) is 0 Å². The smallest absolute Gasteiger partial charge is 0.294 e. The molecular weight excluding hydrogens is 314 g/mol. The third kappa shape index (κ3) is 2.96. The maximum Gasteiger partial charge on any atom is 0.294 e. The maximum atomic E-state index is 12.7. The van der Waals surface area contributed by atoms with Gasteiger partial charge in [0.1, 0.15) is 11.1 Å². The molecule has 4 nitrogen and oxygen atoms in total. The van der Waals surface area contributed by atoms with E-state index in [-0.39, 0.29) is 16.9 Å². The zero-order valence-electron chi connectivity index (χ0n) is 12.8. The van der Waals surface area contributed by atoms with E-state index >= 15 is 0 Å². The highest BCUT2D eigenvalue weighted by molar-refractivity contribution is 6.31. The topological polar surface area (TPSA) is 53.7 Å². The predicted octanol–water partition coefficient (Wildman–Crippen LogP) is 3.88. The van der Waals surface area contributed by atoms with Gasteiger partial charge in [-0.05, 0) is 49.5 Å². The third-order valence-electron chi connectivity index (χ3n) is 3.60. The molecule has 1 N–H and O–H groups in total. The Kier molecular flexibility index (Phi) is 4.11. The van der Waals surface area contributed by atoms with Gasteiger partial charge in [-0.1, -0.05) is 29.8 Å². The number of fused-ring (bicyclic) bond motifs is 1. The molecule has 0 saturated carbocycles. The van der Waals surface area contributed by atoms with E-state index in [2.05, 4.69) is 0 Å². The minimum absolute atomic E-state index is 0.153. The summed E-state index contributed by atoms with van der Waals surface area (Å²) in [6.45, 7) is 0.631. The molecule has 0 unspecified atom stereocenters. The van der Waals surface area contributed by atoms with Gasteiger partial charge in [-0.2, -0.15) is 0 Å². The molecule has 0 saturated heterocycles. The van der Waals surface area contributed by atoms with Gasteiger partial charge in [-0.3, -0.25) is 4.79 Å². The molecule has 2 aromatic carbocycles. The number of halogens is 1. The molecule has 0 aliphatic carbocycles. The Morgan fingerprint density at radius 2 is 1.91 bits per heavy atom. The minimum atomic E-state index is -0.383. The lowest BCUT2D eigenvalue weighted by atomic mass is 10.0. The molecule has 0 aliphatic heterocycles. The van der Waals surface area contributed by atoms with Crippen LogP contribution < -0.4 is 5.43 Å². The van der Waals surface area contributed by atoms with Gasteiger partial charge in [0.15, 0.2) is 0 Å². The zero-order chi connectivity index (χ0) is 16.6. The highest BCUT2D eigenvalue weighted by atomic mass is 35.5. The van der Waals surface area contributed by atoms with Gasteiger partial charge >= 0.3 is 0 Å². The van der Waals surface area contributed by atoms with Gasteiger partial charge in [0.25, 0.3) is 5.95 Å². The summed E-state index contributed by atoms with van der Waals surface area (Å²) in [4.78, 5) is 14.7. The second kappa shape index (κ2) is 6.07. The second-order valence-electron chi connectivity index (χ2n) is 5.65. The molecule has 0 atom stereocenters. The summed E-state index contributed by atoms with van der Waals surface area (Å²) >= 11 is 6.21. The van der Waals surface area contributed by atoms with Crippen LogP contribution in [-0.2, 0) is 6.54 Å². The average Bonchev–Trinajstić information content (AvgIpc) is 2.50. The Balaban J connectivity index is 2.23. The molecule has 1 heterocycles. The summed E-state index contributed by atoms with van der Waals surface area (Å²) < 4.78 is 5.39. The van der Waals surface area contributed by atoms with Crippen LogP contribution >= 0.6 is 11.6 Å². The lowest BCUT2D eigenvalue weighted by Gasteiger charge is -2.13. The first-order valence-electron chi connectivity index (χ1n) is 7.15. The van der Waals surface area contributed by atoms with Crippen molar-refractivity contribution >= 4 is 22.6 Å². The molecule has 0 radical (unpaired) electrons. The van der Waals surface area contributed by atoms with Crippen LogP contribution in [0.25, 0.3) is 22.1 Å². The summed E-state index contributed by atoms with van der Waals surface area (Å²) in [5.41, 5.74) is 1.72. The van der Waals surface area contributed by atoms with E-state index in [0.29, 0.717) is 28.1 Å². The van der Waals surface area contributed by atoms with Crippen molar-refractivity contribution in [3.63, 3.8) is 0 Å².